The molecule has 0 aromatic carbocycles. The number of amides is 1. The van der Waals surface area contributed by atoms with Gasteiger partial charge in [-0.15, -0.1) is 0 Å². The number of rotatable bonds is 1. The zero-order valence-electron chi connectivity index (χ0n) is 9.10. The summed E-state index contributed by atoms with van der Waals surface area (Å²) in [5.74, 6) is -0.0656. The maximum atomic E-state index is 11.7. The van der Waals surface area contributed by atoms with Crippen LogP contribution in [-0.2, 0) is 6.54 Å². The Bertz CT molecular complexity index is 383. The molecule has 1 amide bonds. The Labute approximate surface area is 88.8 Å². The molecule has 5 heteroatoms. The molecule has 2 heterocycles. The Kier molecular flexibility index (Phi) is 2.48. The van der Waals surface area contributed by atoms with Crippen molar-refractivity contribution >= 4 is 5.91 Å². The van der Waals surface area contributed by atoms with Crippen molar-refractivity contribution in [3.63, 3.8) is 0 Å². The maximum absolute atomic E-state index is 11.7. The van der Waals surface area contributed by atoms with Gasteiger partial charge in [-0.1, -0.05) is 0 Å². The lowest BCUT2D eigenvalue weighted by molar-refractivity contribution is 0.0821. The number of fused-ring (bicyclic) bond motifs is 1. The summed E-state index contributed by atoms with van der Waals surface area (Å²) in [6.45, 7) is 0.865. The highest BCUT2D eigenvalue weighted by molar-refractivity contribution is 5.92. The number of hydrogen-bond acceptors (Lipinski definition) is 3. The molecule has 0 spiro atoms. The second kappa shape index (κ2) is 3.66. The Morgan fingerprint density at radius 2 is 2.40 bits per heavy atom. The molecule has 1 aromatic heterocycles. The van der Waals surface area contributed by atoms with Gasteiger partial charge in [0.1, 0.15) is 0 Å². The van der Waals surface area contributed by atoms with Crippen LogP contribution in [0, 0.1) is 0 Å². The summed E-state index contributed by atoms with van der Waals surface area (Å²) in [5.41, 5.74) is 7.42. The zero-order valence-corrected chi connectivity index (χ0v) is 9.10. The molecule has 1 aliphatic heterocycles. The Hall–Kier alpha value is -1.36. The van der Waals surface area contributed by atoms with Crippen LogP contribution < -0.4 is 5.73 Å². The van der Waals surface area contributed by atoms with Crippen LogP contribution in [0.5, 0.6) is 0 Å². The normalized spacial score (nSPS) is 19.8. The van der Waals surface area contributed by atoms with Crippen molar-refractivity contribution in [2.75, 3.05) is 14.1 Å². The van der Waals surface area contributed by atoms with E-state index in [1.54, 1.807) is 14.1 Å². The second-order valence-electron chi connectivity index (χ2n) is 4.13. The van der Waals surface area contributed by atoms with Gasteiger partial charge in [0.2, 0.25) is 0 Å². The van der Waals surface area contributed by atoms with E-state index < -0.39 is 0 Å². The van der Waals surface area contributed by atoms with E-state index in [-0.39, 0.29) is 11.9 Å². The topological polar surface area (TPSA) is 64.2 Å². The van der Waals surface area contributed by atoms with Crippen molar-refractivity contribution in [3.8, 4) is 0 Å². The molecule has 1 atom stereocenters. The third-order valence-corrected chi connectivity index (χ3v) is 2.70. The SMILES string of the molecule is CN(C)C(=O)c1cc2n(n1)CCCC2N. The lowest BCUT2D eigenvalue weighted by Crippen LogP contribution is -2.23. The predicted molar refractivity (Wildman–Crippen MR) is 56.4 cm³/mol. The minimum absolute atomic E-state index is 0.0231. The molecule has 0 radical (unpaired) electrons. The predicted octanol–water partition coefficient (Wildman–Crippen LogP) is 0.378. The summed E-state index contributed by atoms with van der Waals surface area (Å²) in [4.78, 5) is 13.2. The van der Waals surface area contributed by atoms with E-state index in [0.29, 0.717) is 5.69 Å². The molecule has 82 valence electrons. The Balaban J connectivity index is 2.33. The van der Waals surface area contributed by atoms with Gasteiger partial charge in [0.25, 0.3) is 5.91 Å². The average Bonchev–Trinajstić information content (AvgIpc) is 2.61. The molecule has 1 aliphatic rings. The highest BCUT2D eigenvalue weighted by Crippen LogP contribution is 2.23. The van der Waals surface area contributed by atoms with Gasteiger partial charge in [0.05, 0.1) is 5.69 Å². The van der Waals surface area contributed by atoms with E-state index in [4.69, 9.17) is 5.73 Å². The lowest BCUT2D eigenvalue weighted by atomic mass is 10.1. The van der Waals surface area contributed by atoms with Gasteiger partial charge in [0, 0.05) is 26.7 Å². The number of carbonyl (C=O) groups is 1. The number of nitrogens with zero attached hydrogens (tertiary/aromatic N) is 3. The first-order chi connectivity index (χ1) is 7.09. The second-order valence-corrected chi connectivity index (χ2v) is 4.13. The van der Waals surface area contributed by atoms with Crippen molar-refractivity contribution in [1.82, 2.24) is 14.7 Å². The fourth-order valence-corrected chi connectivity index (χ4v) is 1.85. The van der Waals surface area contributed by atoms with Gasteiger partial charge in [-0.2, -0.15) is 5.10 Å². The molecule has 0 bridgehead atoms. The third kappa shape index (κ3) is 1.74. The molecular formula is C10H16N4O. The Morgan fingerprint density at radius 1 is 1.67 bits per heavy atom. The molecular weight excluding hydrogens is 192 g/mol. The molecule has 1 aromatic rings. The number of aromatic nitrogens is 2. The number of hydrogen-bond donors (Lipinski definition) is 1. The molecule has 0 aliphatic carbocycles. The van der Waals surface area contributed by atoms with E-state index in [1.807, 2.05) is 10.7 Å². The first kappa shape index (κ1) is 10.2. The van der Waals surface area contributed by atoms with Crippen molar-refractivity contribution in [2.45, 2.75) is 25.4 Å². The number of nitrogens with two attached hydrogens (primary N) is 1. The van der Waals surface area contributed by atoms with E-state index in [0.717, 1.165) is 25.1 Å². The van der Waals surface area contributed by atoms with Gasteiger partial charge < -0.3 is 10.6 Å². The molecule has 0 saturated carbocycles. The fraction of sp³-hybridized carbons (Fsp3) is 0.600. The summed E-state index contributed by atoms with van der Waals surface area (Å²) < 4.78 is 1.85. The van der Waals surface area contributed by atoms with E-state index in [1.165, 1.54) is 4.90 Å². The summed E-state index contributed by atoms with van der Waals surface area (Å²) in [5, 5.41) is 4.27. The van der Waals surface area contributed by atoms with Crippen molar-refractivity contribution in [3.05, 3.63) is 17.5 Å². The highest BCUT2D eigenvalue weighted by Gasteiger charge is 2.22. The minimum atomic E-state index is -0.0656. The van der Waals surface area contributed by atoms with Gasteiger partial charge in [-0.25, -0.2) is 0 Å². The van der Waals surface area contributed by atoms with E-state index in [9.17, 15) is 4.79 Å². The summed E-state index contributed by atoms with van der Waals surface area (Å²) in [6.07, 6.45) is 2.01. The van der Waals surface area contributed by atoms with Crippen LogP contribution in [0.25, 0.3) is 0 Å². The third-order valence-electron chi connectivity index (χ3n) is 2.70. The number of carbonyl (C=O) groups excluding carboxylic acids is 1. The van der Waals surface area contributed by atoms with Crippen molar-refractivity contribution in [1.29, 1.82) is 0 Å². The first-order valence-corrected chi connectivity index (χ1v) is 5.14. The van der Waals surface area contributed by atoms with Crippen LogP contribution in [0.2, 0.25) is 0 Å². The van der Waals surface area contributed by atoms with E-state index >= 15 is 0 Å². The van der Waals surface area contributed by atoms with Crippen LogP contribution >= 0.6 is 0 Å². The molecule has 2 rings (SSSR count). The molecule has 0 saturated heterocycles. The Morgan fingerprint density at radius 3 is 3.00 bits per heavy atom. The van der Waals surface area contributed by atoms with Crippen molar-refractivity contribution in [2.24, 2.45) is 5.73 Å². The fourth-order valence-electron chi connectivity index (χ4n) is 1.85. The van der Waals surface area contributed by atoms with Crippen LogP contribution in [-0.4, -0.2) is 34.7 Å². The van der Waals surface area contributed by atoms with Crippen molar-refractivity contribution < 1.29 is 4.79 Å². The summed E-state index contributed by atoms with van der Waals surface area (Å²) >= 11 is 0. The zero-order chi connectivity index (χ0) is 11.0. The summed E-state index contributed by atoms with van der Waals surface area (Å²) in [6, 6.07) is 1.83. The van der Waals surface area contributed by atoms with E-state index in [2.05, 4.69) is 5.10 Å². The summed E-state index contributed by atoms with van der Waals surface area (Å²) in [7, 11) is 3.45. The van der Waals surface area contributed by atoms with Crippen LogP contribution in [0.15, 0.2) is 6.07 Å². The molecule has 15 heavy (non-hydrogen) atoms. The standard InChI is InChI=1S/C10H16N4O/c1-13(2)10(15)8-6-9-7(11)4-3-5-14(9)12-8/h6-7H,3-5,11H2,1-2H3. The van der Waals surface area contributed by atoms with Crippen LogP contribution in [0.3, 0.4) is 0 Å². The molecule has 2 N–H and O–H groups in total. The number of aryl methyl sites for hydroxylation is 1. The monoisotopic (exact) mass is 208 g/mol. The molecule has 1 unspecified atom stereocenters. The quantitative estimate of drug-likeness (QED) is 0.725. The minimum Gasteiger partial charge on any atom is -0.343 e. The van der Waals surface area contributed by atoms with Crippen LogP contribution in [0.4, 0.5) is 0 Å². The highest BCUT2D eigenvalue weighted by atomic mass is 16.2. The average molecular weight is 208 g/mol. The maximum Gasteiger partial charge on any atom is 0.273 e. The smallest absolute Gasteiger partial charge is 0.273 e. The molecule has 5 nitrogen and oxygen atoms in total. The van der Waals surface area contributed by atoms with Gasteiger partial charge >= 0.3 is 0 Å². The van der Waals surface area contributed by atoms with Gasteiger partial charge in [-0.05, 0) is 18.9 Å². The lowest BCUT2D eigenvalue weighted by Gasteiger charge is -2.19. The largest absolute Gasteiger partial charge is 0.343 e. The van der Waals surface area contributed by atoms with Gasteiger partial charge in [-0.3, -0.25) is 9.48 Å². The first-order valence-electron chi connectivity index (χ1n) is 5.14. The van der Waals surface area contributed by atoms with Gasteiger partial charge in [0.15, 0.2) is 5.69 Å². The molecule has 0 fully saturated rings. The van der Waals surface area contributed by atoms with Crippen LogP contribution in [0.1, 0.15) is 35.1 Å².